The van der Waals surface area contributed by atoms with Crippen molar-refractivity contribution < 1.29 is 9.15 Å². The van der Waals surface area contributed by atoms with Crippen LogP contribution in [0.5, 0.6) is 0 Å². The molecule has 0 N–H and O–H groups in total. The molecule has 0 amide bonds. The number of rotatable bonds is 6. The number of anilines is 2. The van der Waals surface area contributed by atoms with E-state index < -0.39 is 0 Å². The molecule has 0 unspecified atom stereocenters. The summed E-state index contributed by atoms with van der Waals surface area (Å²) in [6, 6.07) is 41.1. The van der Waals surface area contributed by atoms with Crippen molar-refractivity contribution in [3.8, 4) is 0 Å². The van der Waals surface area contributed by atoms with Crippen molar-refractivity contribution in [1.82, 2.24) is 0 Å². The molecule has 0 aromatic heterocycles. The zero-order valence-electron chi connectivity index (χ0n) is 28.4. The monoisotopic (exact) mass is 626 g/mol. The van der Waals surface area contributed by atoms with Crippen LogP contribution in [-0.4, -0.2) is 59.8 Å². The fraction of sp³-hybridized carbons (Fsp3) is 0.227. The van der Waals surface area contributed by atoms with Crippen LogP contribution < -0.4 is 9.80 Å². The van der Waals surface area contributed by atoms with E-state index in [-0.39, 0.29) is 0 Å². The lowest BCUT2D eigenvalue weighted by molar-refractivity contribution is -0.431. The minimum atomic E-state index is 0.951. The van der Waals surface area contributed by atoms with Crippen molar-refractivity contribution >= 4 is 55.7 Å². The van der Waals surface area contributed by atoms with Gasteiger partial charge in [-0.25, -0.2) is 0 Å². The summed E-state index contributed by atoms with van der Waals surface area (Å²) >= 11 is 0. The van der Waals surface area contributed by atoms with Crippen LogP contribution in [-0.2, 0) is 0 Å². The molecule has 236 valence electrons. The van der Waals surface area contributed by atoms with Crippen molar-refractivity contribution in [2.24, 2.45) is 0 Å². The van der Waals surface area contributed by atoms with Crippen LogP contribution in [0.2, 0.25) is 0 Å². The van der Waals surface area contributed by atoms with E-state index in [9.17, 15) is 0 Å². The average molecular weight is 627 g/mol. The number of hydrogen-bond acceptors (Lipinski definition) is 2. The highest BCUT2D eigenvalue weighted by atomic mass is 15.3. The second-order valence-corrected chi connectivity index (χ2v) is 13.5. The first-order chi connectivity index (χ1) is 23.6. The molecule has 3 heterocycles. The minimum Gasteiger partial charge on any atom is -0.368 e. The van der Waals surface area contributed by atoms with Crippen LogP contribution in [0.4, 0.5) is 22.7 Å². The first kappa shape index (κ1) is 29.0. The summed E-state index contributed by atoms with van der Waals surface area (Å²) in [5.74, 6) is 0. The summed E-state index contributed by atoms with van der Waals surface area (Å²) in [4.78, 5) is 5.12. The Morgan fingerprint density at radius 1 is 0.479 bits per heavy atom. The SMILES string of the molecule is CC[N+]1=C(c2ccc(N3CCN(c4ccc(C5=[N+](CC)c6cccc7cccc5c67)c(C)c4)CC3)cc2C)c2cccc3cccc1c23. The highest BCUT2D eigenvalue weighted by Gasteiger charge is 2.34. The Morgan fingerprint density at radius 2 is 0.875 bits per heavy atom. The predicted octanol–water partition coefficient (Wildman–Crippen LogP) is 8.97. The number of benzene rings is 6. The molecule has 4 heteroatoms. The fourth-order valence-corrected chi connectivity index (χ4v) is 8.70. The molecule has 0 spiro atoms. The van der Waals surface area contributed by atoms with E-state index in [1.54, 1.807) is 0 Å². The molecule has 4 nitrogen and oxygen atoms in total. The summed E-state index contributed by atoms with van der Waals surface area (Å²) in [5, 5.41) is 5.40. The van der Waals surface area contributed by atoms with Crippen molar-refractivity contribution in [2.75, 3.05) is 49.1 Å². The van der Waals surface area contributed by atoms with E-state index >= 15 is 0 Å². The quantitative estimate of drug-likeness (QED) is 0.171. The van der Waals surface area contributed by atoms with Crippen LogP contribution in [0.15, 0.2) is 109 Å². The van der Waals surface area contributed by atoms with Crippen LogP contribution in [0.1, 0.15) is 47.2 Å². The molecule has 3 aliphatic rings. The molecule has 1 fully saturated rings. The second kappa shape index (κ2) is 11.2. The van der Waals surface area contributed by atoms with Gasteiger partial charge in [0, 0.05) is 60.8 Å². The molecule has 0 atom stereocenters. The van der Waals surface area contributed by atoms with Crippen LogP contribution in [0, 0.1) is 13.8 Å². The molecule has 0 bridgehead atoms. The minimum absolute atomic E-state index is 0.951. The number of nitrogens with zero attached hydrogens (tertiary/aromatic N) is 4. The Balaban J connectivity index is 0.952. The van der Waals surface area contributed by atoms with Gasteiger partial charge < -0.3 is 9.80 Å². The van der Waals surface area contributed by atoms with Gasteiger partial charge in [-0.15, -0.1) is 0 Å². The van der Waals surface area contributed by atoms with Gasteiger partial charge in [0.05, 0.1) is 21.9 Å². The summed E-state index contributed by atoms with van der Waals surface area (Å²) in [6.07, 6.45) is 0. The molecule has 0 aliphatic carbocycles. The third kappa shape index (κ3) is 4.28. The predicted molar refractivity (Wildman–Crippen MR) is 202 cm³/mol. The van der Waals surface area contributed by atoms with Crippen LogP contribution in [0.3, 0.4) is 0 Å². The van der Waals surface area contributed by atoms with E-state index in [1.165, 1.54) is 89.1 Å². The maximum atomic E-state index is 2.56. The third-order valence-corrected chi connectivity index (χ3v) is 11.0. The number of hydrogen-bond donors (Lipinski definition) is 0. The maximum absolute atomic E-state index is 2.56. The Kier molecular flexibility index (Phi) is 6.75. The van der Waals surface area contributed by atoms with E-state index in [1.807, 2.05) is 0 Å². The molecule has 0 saturated carbocycles. The molecule has 0 radical (unpaired) electrons. The second-order valence-electron chi connectivity index (χ2n) is 13.5. The highest BCUT2D eigenvalue weighted by Crippen LogP contribution is 2.39. The lowest BCUT2D eigenvalue weighted by atomic mass is 9.95. The van der Waals surface area contributed by atoms with E-state index in [2.05, 4.69) is 156 Å². The van der Waals surface area contributed by atoms with Gasteiger partial charge >= 0.3 is 0 Å². The first-order valence-corrected chi connectivity index (χ1v) is 17.6. The molecular formula is C44H42N4+2. The van der Waals surface area contributed by atoms with Gasteiger partial charge in [-0.2, -0.15) is 9.15 Å². The smallest absolute Gasteiger partial charge is 0.221 e. The molecular weight excluding hydrogens is 585 g/mol. The van der Waals surface area contributed by atoms with Gasteiger partial charge in [0.1, 0.15) is 13.1 Å². The van der Waals surface area contributed by atoms with Crippen molar-refractivity contribution in [2.45, 2.75) is 27.7 Å². The topological polar surface area (TPSA) is 12.5 Å². The molecule has 3 aliphatic heterocycles. The van der Waals surface area contributed by atoms with Crippen molar-refractivity contribution in [1.29, 1.82) is 0 Å². The van der Waals surface area contributed by atoms with Gasteiger partial charge in [0.15, 0.2) is 0 Å². The molecule has 6 aromatic rings. The largest absolute Gasteiger partial charge is 0.368 e. The van der Waals surface area contributed by atoms with E-state index in [0.29, 0.717) is 0 Å². The standard InChI is InChI=1S/C44H42N4/c1-5-47-39-17-9-13-31-11-7-15-37(41(31)39)43(47)35-21-19-33(27-29(35)3)45-23-25-46(26-24-45)34-20-22-36(30(4)28-34)44-38-16-8-12-32-14-10-18-40(42(32)38)48(44)6-2/h7-22,27-28H,5-6,23-26H2,1-4H3/q+2. The Labute approximate surface area is 283 Å². The summed E-state index contributed by atoms with van der Waals surface area (Å²) < 4.78 is 4.99. The fourth-order valence-electron chi connectivity index (χ4n) is 8.70. The average Bonchev–Trinajstić information content (AvgIpc) is 3.62. The zero-order valence-corrected chi connectivity index (χ0v) is 28.4. The van der Waals surface area contributed by atoms with Crippen LogP contribution in [0.25, 0.3) is 21.5 Å². The number of aryl methyl sites for hydroxylation is 2. The van der Waals surface area contributed by atoms with Gasteiger partial charge in [-0.1, -0.05) is 48.5 Å². The lowest BCUT2D eigenvalue weighted by Crippen LogP contribution is -2.46. The molecule has 1 saturated heterocycles. The summed E-state index contributed by atoms with van der Waals surface area (Å²) in [5.41, 5.74) is 16.0. The van der Waals surface area contributed by atoms with Gasteiger partial charge in [-0.05, 0) is 98.1 Å². The van der Waals surface area contributed by atoms with Gasteiger partial charge in [0.2, 0.25) is 22.8 Å². The summed E-state index contributed by atoms with van der Waals surface area (Å²) in [6.45, 7) is 15.0. The van der Waals surface area contributed by atoms with Crippen molar-refractivity contribution in [3.63, 3.8) is 0 Å². The lowest BCUT2D eigenvalue weighted by Gasteiger charge is -2.37. The van der Waals surface area contributed by atoms with Crippen molar-refractivity contribution in [3.05, 3.63) is 143 Å². The Hall–Kier alpha value is -5.22. The highest BCUT2D eigenvalue weighted by molar-refractivity contribution is 6.23. The molecule has 9 rings (SSSR count). The van der Waals surface area contributed by atoms with E-state index in [0.717, 1.165) is 39.3 Å². The third-order valence-electron chi connectivity index (χ3n) is 11.0. The summed E-state index contributed by atoms with van der Waals surface area (Å²) in [7, 11) is 0. The van der Waals surface area contributed by atoms with Gasteiger partial charge in [0.25, 0.3) is 0 Å². The van der Waals surface area contributed by atoms with Crippen LogP contribution >= 0.6 is 0 Å². The zero-order chi connectivity index (χ0) is 32.5. The maximum Gasteiger partial charge on any atom is 0.221 e. The van der Waals surface area contributed by atoms with Gasteiger partial charge in [-0.3, -0.25) is 0 Å². The molecule has 6 aromatic carbocycles. The number of piperazine rings is 1. The Morgan fingerprint density at radius 3 is 1.25 bits per heavy atom. The Bertz CT molecular complexity index is 2180. The van der Waals surface area contributed by atoms with E-state index in [4.69, 9.17) is 0 Å². The normalized spacial score (nSPS) is 15.5. The first-order valence-electron chi connectivity index (χ1n) is 17.6. The molecule has 48 heavy (non-hydrogen) atoms.